The molecule has 10 nitrogen and oxygen atoms in total. The molecule has 264 valence electrons. The molecule has 2 heterocycles. The lowest BCUT2D eigenvalue weighted by Crippen LogP contribution is -2.64. The highest BCUT2D eigenvalue weighted by molar-refractivity contribution is 6.21. The second kappa shape index (κ2) is 11.5. The van der Waals surface area contributed by atoms with Crippen LogP contribution in [0.4, 0.5) is 34.1 Å². The first-order valence-electron chi connectivity index (χ1n) is 17.7. The van der Waals surface area contributed by atoms with Gasteiger partial charge in [0, 0.05) is 86.3 Å². The molecule has 0 spiro atoms. The van der Waals surface area contributed by atoms with Crippen molar-refractivity contribution in [3.8, 4) is 0 Å². The predicted molar refractivity (Wildman–Crippen MR) is 208 cm³/mol. The fourth-order valence-electron chi connectivity index (χ4n) is 9.43. The van der Waals surface area contributed by atoms with E-state index in [4.69, 9.17) is 0 Å². The molecule has 6 aromatic carbocycles. The number of anilines is 6. The normalized spacial score (nSPS) is 20.9. The zero-order valence-corrected chi connectivity index (χ0v) is 30.1. The third-order valence-corrected chi connectivity index (χ3v) is 11.4. The first-order valence-corrected chi connectivity index (χ1v) is 17.7. The van der Waals surface area contributed by atoms with Gasteiger partial charge in [-0.1, -0.05) is 48.5 Å². The topological polar surface area (TPSA) is 117 Å². The summed E-state index contributed by atoms with van der Waals surface area (Å²) in [5.41, 5.74) is 6.07. The van der Waals surface area contributed by atoms with Crippen LogP contribution in [0.25, 0.3) is 43.1 Å². The Morgan fingerprint density at radius 3 is 1.35 bits per heavy atom. The molecule has 1 saturated carbocycles. The van der Waals surface area contributed by atoms with Crippen LogP contribution >= 0.6 is 0 Å². The lowest BCUT2D eigenvalue weighted by molar-refractivity contribution is -0.535. The van der Waals surface area contributed by atoms with E-state index in [2.05, 4.69) is 54.5 Å². The van der Waals surface area contributed by atoms with E-state index in [0.29, 0.717) is 35.8 Å². The average Bonchev–Trinajstić information content (AvgIpc) is 3.09. The van der Waals surface area contributed by atoms with Gasteiger partial charge in [-0.3, -0.25) is 9.59 Å². The molecule has 10 heteroatoms. The summed E-state index contributed by atoms with van der Waals surface area (Å²) >= 11 is 0. The number of rotatable bonds is 4. The SMILES string of the molecule is CC(=O)Nc1cc2c3c(c4ccccc4cc3c1C1C([O-])C(c3c(NC(C)=O)cc4c5c(c6ccccc6cc35)N(C)CN4C)C1[O-])N(C)CN2C. The first-order chi connectivity index (χ1) is 24.9. The summed E-state index contributed by atoms with van der Waals surface area (Å²) in [5.74, 6) is -2.46. The van der Waals surface area contributed by atoms with E-state index >= 15 is 10.2 Å². The molecule has 1 aliphatic carbocycles. The summed E-state index contributed by atoms with van der Waals surface area (Å²) in [7, 11) is 8.11. The number of fused-ring (bicyclic) bond motifs is 4. The van der Waals surface area contributed by atoms with E-state index in [-0.39, 0.29) is 11.8 Å². The van der Waals surface area contributed by atoms with E-state index in [1.54, 1.807) is 0 Å². The van der Waals surface area contributed by atoms with Crippen LogP contribution in [0.2, 0.25) is 0 Å². The Morgan fingerprint density at radius 2 is 0.962 bits per heavy atom. The molecule has 0 bridgehead atoms. The number of nitrogens with one attached hydrogen (secondary N) is 2. The Labute approximate surface area is 301 Å². The summed E-state index contributed by atoms with van der Waals surface area (Å²) < 4.78 is 0. The molecule has 3 aliphatic rings. The highest BCUT2D eigenvalue weighted by Crippen LogP contribution is 2.57. The van der Waals surface area contributed by atoms with E-state index in [1.807, 2.05) is 76.7 Å². The lowest BCUT2D eigenvalue weighted by Gasteiger charge is -2.62. The molecule has 9 rings (SSSR count). The molecule has 2 N–H and O–H groups in total. The van der Waals surface area contributed by atoms with E-state index in [0.717, 1.165) is 65.8 Å². The predicted octanol–water partition coefficient (Wildman–Crippen LogP) is 5.24. The van der Waals surface area contributed by atoms with E-state index in [1.165, 1.54) is 13.8 Å². The second-order valence-corrected chi connectivity index (χ2v) is 14.9. The average molecular weight is 693 g/mol. The van der Waals surface area contributed by atoms with Gasteiger partial charge >= 0.3 is 0 Å². The Morgan fingerprint density at radius 1 is 0.577 bits per heavy atom. The van der Waals surface area contributed by atoms with Gasteiger partial charge in [-0.25, -0.2) is 0 Å². The van der Waals surface area contributed by atoms with Gasteiger partial charge in [0.2, 0.25) is 11.8 Å². The summed E-state index contributed by atoms with van der Waals surface area (Å²) in [4.78, 5) is 34.1. The zero-order valence-electron chi connectivity index (χ0n) is 30.1. The molecule has 2 amide bonds. The summed E-state index contributed by atoms with van der Waals surface area (Å²) in [6.45, 7) is 4.15. The van der Waals surface area contributed by atoms with Crippen LogP contribution in [0, 0.1) is 0 Å². The van der Waals surface area contributed by atoms with Crippen LogP contribution in [0.5, 0.6) is 0 Å². The number of carbonyl (C=O) groups is 2. The number of hydrogen-bond donors (Lipinski definition) is 2. The Kier molecular flexibility index (Phi) is 7.13. The Bertz CT molecular complexity index is 2350. The fourth-order valence-corrected chi connectivity index (χ4v) is 9.43. The Balaban J connectivity index is 1.30. The van der Waals surface area contributed by atoms with Gasteiger partial charge in [0.1, 0.15) is 0 Å². The molecule has 6 aromatic rings. The quantitative estimate of drug-likeness (QED) is 0.241. The first kappa shape index (κ1) is 32.3. The number of nitrogens with zero attached hydrogens (tertiary/aromatic N) is 4. The lowest BCUT2D eigenvalue weighted by atomic mass is 9.61. The number of amides is 2. The third kappa shape index (κ3) is 4.50. The van der Waals surface area contributed by atoms with Gasteiger partial charge in [0.15, 0.2) is 0 Å². The van der Waals surface area contributed by atoms with Crippen molar-refractivity contribution >= 4 is 89.0 Å². The monoisotopic (exact) mass is 692 g/mol. The molecule has 0 aromatic heterocycles. The fraction of sp³-hybridized carbons (Fsp3) is 0.286. The molecule has 0 atom stereocenters. The highest BCUT2D eigenvalue weighted by Gasteiger charge is 2.44. The van der Waals surface area contributed by atoms with Crippen molar-refractivity contribution < 1.29 is 19.8 Å². The Hall–Kier alpha value is -5.58. The van der Waals surface area contributed by atoms with Gasteiger partial charge in [0.25, 0.3) is 0 Å². The van der Waals surface area contributed by atoms with Gasteiger partial charge < -0.3 is 40.4 Å². The van der Waals surface area contributed by atoms with Crippen molar-refractivity contribution in [2.75, 3.05) is 71.8 Å². The molecule has 52 heavy (non-hydrogen) atoms. The maximum atomic E-state index is 15.0. The van der Waals surface area contributed by atoms with Gasteiger partial charge in [-0.15, -0.1) is 12.2 Å². The van der Waals surface area contributed by atoms with Crippen LogP contribution in [-0.4, -0.2) is 65.6 Å². The van der Waals surface area contributed by atoms with Crippen molar-refractivity contribution in [1.82, 2.24) is 0 Å². The van der Waals surface area contributed by atoms with Gasteiger partial charge in [0.05, 0.1) is 24.7 Å². The molecular weight excluding hydrogens is 653 g/mol. The minimum Gasteiger partial charge on any atom is -0.851 e. The smallest absolute Gasteiger partial charge is 0.221 e. The number of benzene rings is 6. The summed E-state index contributed by atoms with van der Waals surface area (Å²) in [6, 6.07) is 24.3. The largest absolute Gasteiger partial charge is 0.851 e. The molecule has 0 saturated heterocycles. The maximum absolute atomic E-state index is 15.0. The molecular formula is C42H40N6O4-2. The van der Waals surface area contributed by atoms with Gasteiger partial charge in [-0.05, 0) is 68.8 Å². The molecule has 0 radical (unpaired) electrons. The minimum atomic E-state index is -1.35. The molecule has 1 fully saturated rings. The molecule has 2 aliphatic heterocycles. The van der Waals surface area contributed by atoms with Crippen molar-refractivity contribution in [2.45, 2.75) is 37.9 Å². The molecule has 0 unspecified atom stereocenters. The van der Waals surface area contributed by atoms with Crippen LogP contribution in [0.1, 0.15) is 36.8 Å². The van der Waals surface area contributed by atoms with Gasteiger partial charge in [-0.2, -0.15) is 0 Å². The summed E-state index contributed by atoms with van der Waals surface area (Å²) in [6.07, 6.45) is -2.71. The van der Waals surface area contributed by atoms with Crippen LogP contribution in [-0.2, 0) is 9.59 Å². The standard InChI is InChI=1S/C42H40N6O4/c1-21(49)43-29-17-31-35-27(15-23-11-7-9-13-25(23)39(35)47(5)19-45(31)3)33(29)37-41(51)38(42(37)52)34-28-16-24-12-8-10-14-26(24)40-36(28)32(46(4)20-48(40)6)18-30(34)44-22(2)50/h7-18,37-38,41-42H,19-20H2,1-6H3,(H,43,49)(H,44,50)/q-2. The van der Waals surface area contributed by atoms with E-state index in [9.17, 15) is 9.59 Å². The number of carbonyl (C=O) groups excluding carboxylic acids is 2. The van der Waals surface area contributed by atoms with Crippen LogP contribution in [0.3, 0.4) is 0 Å². The zero-order chi connectivity index (χ0) is 36.3. The third-order valence-electron chi connectivity index (χ3n) is 11.4. The van der Waals surface area contributed by atoms with E-state index < -0.39 is 24.0 Å². The van der Waals surface area contributed by atoms with Crippen LogP contribution in [0.15, 0.2) is 72.8 Å². The van der Waals surface area contributed by atoms with Crippen LogP contribution < -0.4 is 40.4 Å². The van der Waals surface area contributed by atoms with Crippen molar-refractivity contribution in [2.24, 2.45) is 0 Å². The highest BCUT2D eigenvalue weighted by atomic mass is 16.3. The number of hydrogen-bond acceptors (Lipinski definition) is 8. The van der Waals surface area contributed by atoms with Crippen molar-refractivity contribution in [3.63, 3.8) is 0 Å². The minimum absolute atomic E-state index is 0.276. The maximum Gasteiger partial charge on any atom is 0.221 e. The summed E-state index contributed by atoms with van der Waals surface area (Å²) in [5, 5.41) is 43.8. The second-order valence-electron chi connectivity index (χ2n) is 14.9. The van der Waals surface area contributed by atoms with Crippen molar-refractivity contribution in [3.05, 3.63) is 83.9 Å². The van der Waals surface area contributed by atoms with Crippen molar-refractivity contribution in [1.29, 1.82) is 0 Å².